The van der Waals surface area contributed by atoms with E-state index in [2.05, 4.69) is 0 Å². The number of ether oxygens (including phenoxy) is 3. The van der Waals surface area contributed by atoms with Crippen molar-refractivity contribution in [3.63, 3.8) is 0 Å². The third-order valence-electron chi connectivity index (χ3n) is 3.47. The maximum absolute atomic E-state index is 13.9. The molecule has 0 aliphatic heterocycles. The van der Waals surface area contributed by atoms with Crippen LogP contribution in [0.1, 0.15) is 15.9 Å². The molecule has 0 bridgehead atoms. The van der Waals surface area contributed by atoms with E-state index in [-0.39, 0.29) is 37.9 Å². The van der Waals surface area contributed by atoms with E-state index in [9.17, 15) is 26.7 Å². The Bertz CT molecular complexity index is 809. The summed E-state index contributed by atoms with van der Waals surface area (Å²) < 4.78 is 80.0. The zero-order chi connectivity index (χ0) is 20.7. The Labute approximate surface area is 156 Å². The van der Waals surface area contributed by atoms with Crippen LogP contribution >= 0.6 is 0 Å². The van der Waals surface area contributed by atoms with Gasteiger partial charge in [0.2, 0.25) is 0 Å². The fraction of sp³-hybridized carbons (Fsp3) is 0.278. The second-order valence-corrected chi connectivity index (χ2v) is 5.43. The minimum absolute atomic E-state index is 0.0269. The Morgan fingerprint density at radius 1 is 0.893 bits per heavy atom. The molecule has 2 rings (SSSR count). The third kappa shape index (κ3) is 5.81. The van der Waals surface area contributed by atoms with E-state index in [1.54, 1.807) is 0 Å². The molecule has 0 spiro atoms. The highest BCUT2D eigenvalue weighted by molar-refractivity contribution is 5.93. The highest BCUT2D eigenvalue weighted by atomic mass is 19.4. The largest absolute Gasteiger partial charge is 0.491 e. The highest BCUT2D eigenvalue weighted by Gasteiger charge is 2.30. The number of primary amides is 1. The topological polar surface area (TPSA) is 70.8 Å². The standard InChI is InChI=1S/C18H16F5NO4/c19-13-5-6-14(16(20)15(13)17(24)25)28-10-8-26-7-9-27-12-3-1-11(2-4-12)18(21,22)23/h1-6H,7-10H2,(H2,24,25). The van der Waals surface area contributed by atoms with Crippen LogP contribution in [0.5, 0.6) is 11.5 Å². The van der Waals surface area contributed by atoms with Crippen molar-refractivity contribution in [2.75, 3.05) is 26.4 Å². The molecule has 0 aliphatic carbocycles. The molecule has 10 heteroatoms. The van der Waals surface area contributed by atoms with E-state index < -0.39 is 34.8 Å². The van der Waals surface area contributed by atoms with Gasteiger partial charge in [0.05, 0.1) is 18.8 Å². The Morgan fingerprint density at radius 3 is 2.07 bits per heavy atom. The summed E-state index contributed by atoms with van der Waals surface area (Å²) in [5, 5.41) is 0. The van der Waals surface area contributed by atoms with Crippen LogP contribution in [0.15, 0.2) is 36.4 Å². The van der Waals surface area contributed by atoms with Crippen LogP contribution in [0.2, 0.25) is 0 Å². The van der Waals surface area contributed by atoms with Gasteiger partial charge >= 0.3 is 6.18 Å². The lowest BCUT2D eigenvalue weighted by molar-refractivity contribution is -0.137. The van der Waals surface area contributed by atoms with Crippen molar-refractivity contribution in [2.45, 2.75) is 6.18 Å². The predicted octanol–water partition coefficient (Wildman–Crippen LogP) is 3.56. The molecule has 5 nitrogen and oxygen atoms in total. The molecule has 1 amide bonds. The second kappa shape index (κ2) is 9.36. The zero-order valence-corrected chi connectivity index (χ0v) is 14.4. The van der Waals surface area contributed by atoms with Gasteiger partial charge in [0.1, 0.15) is 30.3 Å². The summed E-state index contributed by atoms with van der Waals surface area (Å²) in [4.78, 5) is 11.0. The van der Waals surface area contributed by atoms with E-state index in [1.807, 2.05) is 0 Å². The number of carbonyl (C=O) groups excluding carboxylic acids is 1. The number of alkyl halides is 3. The van der Waals surface area contributed by atoms with Crippen LogP contribution in [0, 0.1) is 11.6 Å². The van der Waals surface area contributed by atoms with Gasteiger partial charge in [-0.05, 0) is 36.4 Å². The SMILES string of the molecule is NC(=O)c1c(F)ccc(OCCOCCOc2ccc(C(F)(F)F)cc2)c1F. The maximum atomic E-state index is 13.9. The maximum Gasteiger partial charge on any atom is 0.416 e. The fourth-order valence-electron chi connectivity index (χ4n) is 2.14. The summed E-state index contributed by atoms with van der Waals surface area (Å²) in [6, 6.07) is 6.07. The Kier molecular flexibility index (Phi) is 7.16. The lowest BCUT2D eigenvalue weighted by Crippen LogP contribution is -2.17. The molecular weight excluding hydrogens is 389 g/mol. The first-order valence-electron chi connectivity index (χ1n) is 7.98. The van der Waals surface area contributed by atoms with Crippen LogP contribution < -0.4 is 15.2 Å². The molecule has 0 aromatic heterocycles. The van der Waals surface area contributed by atoms with Crippen molar-refractivity contribution >= 4 is 5.91 Å². The summed E-state index contributed by atoms with van der Waals surface area (Å²) in [5.74, 6) is -3.63. The van der Waals surface area contributed by atoms with Gasteiger partial charge in [0.15, 0.2) is 11.6 Å². The smallest absolute Gasteiger partial charge is 0.416 e. The first-order chi connectivity index (χ1) is 13.2. The van der Waals surface area contributed by atoms with Crippen LogP contribution in [0.3, 0.4) is 0 Å². The molecule has 28 heavy (non-hydrogen) atoms. The monoisotopic (exact) mass is 405 g/mol. The van der Waals surface area contributed by atoms with Crippen molar-refractivity contribution in [2.24, 2.45) is 5.73 Å². The first-order valence-corrected chi connectivity index (χ1v) is 7.98. The summed E-state index contributed by atoms with van der Waals surface area (Å²) in [6.45, 7) is 0.102. The van der Waals surface area contributed by atoms with Crippen LogP contribution in [0.25, 0.3) is 0 Å². The van der Waals surface area contributed by atoms with Gasteiger partial charge in [-0.25, -0.2) is 8.78 Å². The van der Waals surface area contributed by atoms with Crippen molar-refractivity contribution in [1.29, 1.82) is 0 Å². The zero-order valence-electron chi connectivity index (χ0n) is 14.4. The van der Waals surface area contributed by atoms with Crippen molar-refractivity contribution < 1.29 is 41.0 Å². The summed E-state index contributed by atoms with van der Waals surface area (Å²) in [6.07, 6.45) is -4.41. The van der Waals surface area contributed by atoms with E-state index in [1.165, 1.54) is 12.1 Å². The molecule has 0 unspecified atom stereocenters. The molecule has 2 aromatic carbocycles. The first kappa shape index (κ1) is 21.4. The van der Waals surface area contributed by atoms with E-state index in [4.69, 9.17) is 19.9 Å². The average molecular weight is 405 g/mol. The molecule has 0 heterocycles. The van der Waals surface area contributed by atoms with Gasteiger partial charge < -0.3 is 19.9 Å². The van der Waals surface area contributed by atoms with E-state index in [0.29, 0.717) is 0 Å². The minimum atomic E-state index is -4.41. The van der Waals surface area contributed by atoms with Gasteiger partial charge in [-0.3, -0.25) is 4.79 Å². The van der Waals surface area contributed by atoms with Crippen molar-refractivity contribution in [1.82, 2.24) is 0 Å². The molecule has 0 saturated heterocycles. The Morgan fingerprint density at radius 2 is 1.50 bits per heavy atom. The van der Waals surface area contributed by atoms with Gasteiger partial charge in [0.25, 0.3) is 5.91 Å². The van der Waals surface area contributed by atoms with Crippen molar-refractivity contribution in [3.05, 3.63) is 59.2 Å². The number of nitrogens with two attached hydrogens (primary N) is 1. The minimum Gasteiger partial charge on any atom is -0.491 e. The number of hydrogen-bond donors (Lipinski definition) is 1. The summed E-state index contributed by atoms with van der Waals surface area (Å²) in [7, 11) is 0. The third-order valence-corrected chi connectivity index (χ3v) is 3.47. The number of hydrogen-bond acceptors (Lipinski definition) is 4. The number of halogens is 5. The van der Waals surface area contributed by atoms with E-state index >= 15 is 0 Å². The quantitative estimate of drug-likeness (QED) is 0.512. The molecular formula is C18H16F5NO4. The second-order valence-electron chi connectivity index (χ2n) is 5.43. The van der Waals surface area contributed by atoms with Gasteiger partial charge in [-0.15, -0.1) is 0 Å². The lowest BCUT2D eigenvalue weighted by atomic mass is 10.2. The highest BCUT2D eigenvalue weighted by Crippen LogP contribution is 2.30. The van der Waals surface area contributed by atoms with Gasteiger partial charge in [-0.2, -0.15) is 13.2 Å². The molecule has 0 saturated carbocycles. The number of benzene rings is 2. The van der Waals surface area contributed by atoms with Crippen LogP contribution in [-0.4, -0.2) is 32.3 Å². The lowest BCUT2D eigenvalue weighted by Gasteiger charge is -2.11. The molecule has 2 aromatic rings. The summed E-state index contributed by atoms with van der Waals surface area (Å²) in [5.41, 5.74) is 3.24. The van der Waals surface area contributed by atoms with Crippen LogP contribution in [0.4, 0.5) is 22.0 Å². The Balaban J connectivity index is 1.69. The van der Waals surface area contributed by atoms with E-state index in [0.717, 1.165) is 24.3 Å². The molecule has 0 aliphatic rings. The molecule has 0 atom stereocenters. The number of amides is 1. The Hall–Kier alpha value is -2.88. The normalized spacial score (nSPS) is 11.3. The van der Waals surface area contributed by atoms with Gasteiger partial charge in [0, 0.05) is 0 Å². The molecule has 152 valence electrons. The average Bonchev–Trinajstić information content (AvgIpc) is 2.62. The van der Waals surface area contributed by atoms with Crippen LogP contribution in [-0.2, 0) is 10.9 Å². The molecule has 2 N–H and O–H groups in total. The molecule has 0 radical (unpaired) electrons. The van der Waals surface area contributed by atoms with Gasteiger partial charge in [-0.1, -0.05) is 0 Å². The van der Waals surface area contributed by atoms with Crippen molar-refractivity contribution in [3.8, 4) is 11.5 Å². The number of rotatable bonds is 9. The summed E-state index contributed by atoms with van der Waals surface area (Å²) >= 11 is 0. The molecule has 0 fully saturated rings. The number of carbonyl (C=O) groups is 1. The fourth-order valence-corrected chi connectivity index (χ4v) is 2.14. The predicted molar refractivity (Wildman–Crippen MR) is 88.1 cm³/mol.